The number of rotatable bonds is 4. The van der Waals surface area contributed by atoms with Crippen molar-refractivity contribution in [1.82, 2.24) is 5.32 Å². The van der Waals surface area contributed by atoms with Crippen LogP contribution in [0.2, 0.25) is 5.02 Å². The van der Waals surface area contributed by atoms with E-state index in [9.17, 15) is 0 Å². The summed E-state index contributed by atoms with van der Waals surface area (Å²) in [5, 5.41) is 4.36. The summed E-state index contributed by atoms with van der Waals surface area (Å²) < 4.78 is 0.937. The molecule has 0 aliphatic rings. The van der Waals surface area contributed by atoms with E-state index in [1.54, 1.807) is 0 Å². The van der Waals surface area contributed by atoms with Crippen LogP contribution in [0.4, 0.5) is 0 Å². The van der Waals surface area contributed by atoms with E-state index in [2.05, 4.69) is 67.1 Å². The fourth-order valence-corrected chi connectivity index (χ4v) is 3.58. The van der Waals surface area contributed by atoms with Crippen LogP contribution >= 0.6 is 27.5 Å². The third-order valence-corrected chi connectivity index (χ3v) is 5.04. The summed E-state index contributed by atoms with van der Waals surface area (Å²) in [7, 11) is 0. The van der Waals surface area contributed by atoms with E-state index in [1.165, 1.54) is 22.3 Å². The highest BCUT2D eigenvalue weighted by Crippen LogP contribution is 2.36. The van der Waals surface area contributed by atoms with E-state index < -0.39 is 0 Å². The molecule has 2 rings (SSSR count). The topological polar surface area (TPSA) is 12.0 Å². The normalized spacial score (nSPS) is 12.5. The predicted molar refractivity (Wildman–Crippen MR) is 95.3 cm³/mol. The van der Waals surface area contributed by atoms with E-state index in [4.69, 9.17) is 11.6 Å². The largest absolute Gasteiger partial charge is 0.306 e. The van der Waals surface area contributed by atoms with Gasteiger partial charge in [0.1, 0.15) is 0 Å². The zero-order chi connectivity index (χ0) is 15.6. The van der Waals surface area contributed by atoms with E-state index in [-0.39, 0.29) is 6.04 Å². The lowest BCUT2D eigenvalue weighted by Gasteiger charge is -2.25. The highest BCUT2D eigenvalue weighted by atomic mass is 79.9. The second-order valence-corrected chi connectivity index (χ2v) is 6.68. The molecule has 0 heterocycles. The van der Waals surface area contributed by atoms with Gasteiger partial charge in [0.25, 0.3) is 0 Å². The third kappa shape index (κ3) is 3.50. The van der Waals surface area contributed by atoms with Gasteiger partial charge in [0.2, 0.25) is 0 Å². The molecule has 0 radical (unpaired) electrons. The molecule has 2 aromatic carbocycles. The van der Waals surface area contributed by atoms with Gasteiger partial charge >= 0.3 is 0 Å². The summed E-state index contributed by atoms with van der Waals surface area (Å²) in [4.78, 5) is 0. The molecule has 0 aromatic heterocycles. The molecule has 0 saturated carbocycles. The van der Waals surface area contributed by atoms with Crippen LogP contribution in [0.15, 0.2) is 34.8 Å². The standard InChI is InChI=1S/C18H21BrClN/c1-5-21-18(14-7-6-8-15(19)17(14)20)16-12(3)9-11(2)10-13(16)4/h6-10,18,21H,5H2,1-4H3. The molecule has 1 atom stereocenters. The summed E-state index contributed by atoms with van der Waals surface area (Å²) in [5.41, 5.74) is 6.33. The lowest BCUT2D eigenvalue weighted by Crippen LogP contribution is -2.24. The first-order valence-electron chi connectivity index (χ1n) is 7.20. The summed E-state index contributed by atoms with van der Waals surface area (Å²) in [6.07, 6.45) is 0. The summed E-state index contributed by atoms with van der Waals surface area (Å²) >= 11 is 10.0. The van der Waals surface area contributed by atoms with Gasteiger partial charge in [0.05, 0.1) is 11.1 Å². The molecular formula is C18H21BrClN. The molecule has 0 saturated heterocycles. The first-order chi connectivity index (χ1) is 9.95. The van der Waals surface area contributed by atoms with Gasteiger partial charge in [-0.15, -0.1) is 0 Å². The Morgan fingerprint density at radius 3 is 2.33 bits per heavy atom. The van der Waals surface area contributed by atoms with Crippen molar-refractivity contribution in [3.8, 4) is 0 Å². The molecule has 112 valence electrons. The van der Waals surface area contributed by atoms with E-state index in [0.717, 1.165) is 21.6 Å². The number of hydrogen-bond acceptors (Lipinski definition) is 1. The van der Waals surface area contributed by atoms with Gasteiger partial charge in [0, 0.05) is 4.47 Å². The number of halogens is 2. The van der Waals surface area contributed by atoms with E-state index in [1.807, 2.05) is 12.1 Å². The lowest BCUT2D eigenvalue weighted by molar-refractivity contribution is 0.624. The van der Waals surface area contributed by atoms with Gasteiger partial charge < -0.3 is 5.32 Å². The van der Waals surface area contributed by atoms with Crippen molar-refractivity contribution in [2.24, 2.45) is 0 Å². The molecule has 2 aromatic rings. The number of benzene rings is 2. The Balaban J connectivity index is 2.62. The van der Waals surface area contributed by atoms with Crippen molar-refractivity contribution < 1.29 is 0 Å². The van der Waals surface area contributed by atoms with Crippen LogP contribution in [-0.4, -0.2) is 6.54 Å². The van der Waals surface area contributed by atoms with Crippen LogP contribution in [-0.2, 0) is 0 Å². The predicted octanol–water partition coefficient (Wildman–Crippen LogP) is 5.73. The molecule has 0 spiro atoms. The van der Waals surface area contributed by atoms with Crippen molar-refractivity contribution in [3.05, 3.63) is 67.6 Å². The van der Waals surface area contributed by atoms with Gasteiger partial charge in [-0.05, 0) is 71.6 Å². The zero-order valence-corrected chi connectivity index (χ0v) is 15.3. The van der Waals surface area contributed by atoms with Gasteiger partial charge in [0.15, 0.2) is 0 Å². The lowest BCUT2D eigenvalue weighted by atomic mass is 9.90. The first-order valence-corrected chi connectivity index (χ1v) is 8.37. The van der Waals surface area contributed by atoms with Gasteiger partial charge in [-0.1, -0.05) is 48.4 Å². The molecule has 0 amide bonds. The van der Waals surface area contributed by atoms with E-state index in [0.29, 0.717) is 0 Å². The Labute approximate surface area is 140 Å². The molecule has 0 aliphatic heterocycles. The summed E-state index contributed by atoms with van der Waals surface area (Å²) in [6.45, 7) is 9.49. The Kier molecular flexibility index (Phi) is 5.48. The Bertz CT molecular complexity index is 629. The Hall–Kier alpha value is -0.830. The number of aryl methyl sites for hydroxylation is 3. The molecule has 21 heavy (non-hydrogen) atoms. The fourth-order valence-electron chi connectivity index (χ4n) is 2.96. The monoisotopic (exact) mass is 365 g/mol. The van der Waals surface area contributed by atoms with Crippen molar-refractivity contribution >= 4 is 27.5 Å². The highest BCUT2D eigenvalue weighted by Gasteiger charge is 2.21. The van der Waals surface area contributed by atoms with Crippen LogP contribution in [0.1, 0.15) is 40.8 Å². The van der Waals surface area contributed by atoms with Gasteiger partial charge in [-0.25, -0.2) is 0 Å². The smallest absolute Gasteiger partial charge is 0.0599 e. The van der Waals surface area contributed by atoms with Crippen LogP contribution in [0, 0.1) is 20.8 Å². The highest BCUT2D eigenvalue weighted by molar-refractivity contribution is 9.10. The van der Waals surface area contributed by atoms with Crippen LogP contribution in [0.25, 0.3) is 0 Å². The summed E-state index contributed by atoms with van der Waals surface area (Å²) in [6, 6.07) is 10.7. The van der Waals surface area contributed by atoms with Gasteiger partial charge in [-0.2, -0.15) is 0 Å². The Morgan fingerprint density at radius 2 is 1.76 bits per heavy atom. The molecule has 1 N–H and O–H groups in total. The van der Waals surface area contributed by atoms with Crippen LogP contribution in [0.3, 0.4) is 0 Å². The van der Waals surface area contributed by atoms with Crippen molar-refractivity contribution in [2.75, 3.05) is 6.54 Å². The van der Waals surface area contributed by atoms with E-state index >= 15 is 0 Å². The number of hydrogen-bond donors (Lipinski definition) is 1. The quantitative estimate of drug-likeness (QED) is 0.729. The SMILES string of the molecule is CCNC(c1cccc(Br)c1Cl)c1c(C)cc(C)cc1C. The van der Waals surface area contributed by atoms with Crippen LogP contribution < -0.4 is 5.32 Å². The van der Waals surface area contributed by atoms with Gasteiger partial charge in [-0.3, -0.25) is 0 Å². The Morgan fingerprint density at radius 1 is 1.14 bits per heavy atom. The molecule has 0 aliphatic carbocycles. The maximum absolute atomic E-state index is 6.52. The minimum absolute atomic E-state index is 0.112. The molecule has 1 nitrogen and oxygen atoms in total. The maximum Gasteiger partial charge on any atom is 0.0599 e. The zero-order valence-electron chi connectivity index (χ0n) is 12.9. The molecule has 0 fully saturated rings. The molecule has 1 unspecified atom stereocenters. The fraction of sp³-hybridized carbons (Fsp3) is 0.333. The summed E-state index contributed by atoms with van der Waals surface area (Å²) in [5.74, 6) is 0. The molecular weight excluding hydrogens is 346 g/mol. The number of nitrogens with one attached hydrogen (secondary N) is 1. The second kappa shape index (κ2) is 6.95. The average molecular weight is 367 g/mol. The minimum atomic E-state index is 0.112. The third-order valence-electron chi connectivity index (χ3n) is 3.73. The van der Waals surface area contributed by atoms with Crippen molar-refractivity contribution in [1.29, 1.82) is 0 Å². The minimum Gasteiger partial charge on any atom is -0.306 e. The molecule has 3 heteroatoms. The second-order valence-electron chi connectivity index (χ2n) is 5.45. The maximum atomic E-state index is 6.52. The average Bonchev–Trinajstić information content (AvgIpc) is 2.40. The molecule has 0 bridgehead atoms. The first kappa shape index (κ1) is 16.5. The van der Waals surface area contributed by atoms with Crippen LogP contribution in [0.5, 0.6) is 0 Å². The van der Waals surface area contributed by atoms with Crippen molar-refractivity contribution in [3.63, 3.8) is 0 Å². The van der Waals surface area contributed by atoms with Crippen molar-refractivity contribution in [2.45, 2.75) is 33.7 Å².